The standard InChI is InChI=1S/C14H16OS2/c1-11(15)12-4-2-5-14(10-12)17-9-7-13-6-3-8-16-13/h2-6,8,10-11,15H,7,9H2,1H3. The molecule has 0 aliphatic carbocycles. The number of aliphatic hydroxyl groups is 1. The Hall–Kier alpha value is -0.770. The number of hydrogen-bond acceptors (Lipinski definition) is 3. The van der Waals surface area contributed by atoms with E-state index >= 15 is 0 Å². The summed E-state index contributed by atoms with van der Waals surface area (Å²) in [5.41, 5.74) is 0.992. The zero-order chi connectivity index (χ0) is 12.1. The van der Waals surface area contributed by atoms with E-state index in [1.165, 1.54) is 9.77 Å². The van der Waals surface area contributed by atoms with Crippen molar-refractivity contribution in [3.8, 4) is 0 Å². The van der Waals surface area contributed by atoms with Crippen LogP contribution >= 0.6 is 23.1 Å². The molecule has 90 valence electrons. The molecule has 1 atom stereocenters. The highest BCUT2D eigenvalue weighted by Crippen LogP contribution is 2.23. The van der Waals surface area contributed by atoms with E-state index in [1.54, 1.807) is 6.92 Å². The summed E-state index contributed by atoms with van der Waals surface area (Å²) in [5, 5.41) is 11.6. The zero-order valence-electron chi connectivity index (χ0n) is 9.80. The van der Waals surface area contributed by atoms with Gasteiger partial charge >= 0.3 is 0 Å². The summed E-state index contributed by atoms with van der Waals surface area (Å²) in [6.45, 7) is 1.80. The molecule has 0 saturated heterocycles. The van der Waals surface area contributed by atoms with Crippen molar-refractivity contribution in [2.24, 2.45) is 0 Å². The van der Waals surface area contributed by atoms with Crippen molar-refractivity contribution < 1.29 is 5.11 Å². The first-order valence-corrected chi connectivity index (χ1v) is 7.55. The van der Waals surface area contributed by atoms with Crippen molar-refractivity contribution in [2.75, 3.05) is 5.75 Å². The van der Waals surface area contributed by atoms with Gasteiger partial charge in [0.05, 0.1) is 6.10 Å². The Morgan fingerprint density at radius 3 is 2.88 bits per heavy atom. The first kappa shape index (κ1) is 12.7. The van der Waals surface area contributed by atoms with Gasteiger partial charge in [-0.1, -0.05) is 18.2 Å². The minimum absolute atomic E-state index is 0.382. The number of rotatable bonds is 5. The molecule has 17 heavy (non-hydrogen) atoms. The van der Waals surface area contributed by atoms with E-state index in [0.29, 0.717) is 0 Å². The van der Waals surface area contributed by atoms with Crippen LogP contribution in [-0.2, 0) is 6.42 Å². The van der Waals surface area contributed by atoms with E-state index in [0.717, 1.165) is 17.7 Å². The number of aryl methyl sites for hydroxylation is 1. The number of benzene rings is 1. The van der Waals surface area contributed by atoms with Crippen molar-refractivity contribution in [1.82, 2.24) is 0 Å². The molecule has 2 rings (SSSR count). The number of thiophene rings is 1. The van der Waals surface area contributed by atoms with E-state index in [1.807, 2.05) is 35.2 Å². The summed E-state index contributed by atoms with van der Waals surface area (Å²) < 4.78 is 0. The molecule has 1 heterocycles. The molecule has 3 heteroatoms. The van der Waals surface area contributed by atoms with Gasteiger partial charge < -0.3 is 5.11 Å². The Balaban J connectivity index is 1.88. The number of hydrogen-bond donors (Lipinski definition) is 1. The molecule has 0 amide bonds. The van der Waals surface area contributed by atoms with Crippen molar-refractivity contribution in [1.29, 1.82) is 0 Å². The van der Waals surface area contributed by atoms with Gasteiger partial charge in [0.1, 0.15) is 0 Å². The van der Waals surface area contributed by atoms with Gasteiger partial charge in [0.25, 0.3) is 0 Å². The molecule has 0 saturated carbocycles. The van der Waals surface area contributed by atoms with Crippen LogP contribution in [0, 0.1) is 0 Å². The van der Waals surface area contributed by atoms with Gasteiger partial charge in [-0.05, 0) is 42.5 Å². The number of thioether (sulfide) groups is 1. The molecule has 1 N–H and O–H groups in total. The SMILES string of the molecule is CC(O)c1cccc(SCCc2cccs2)c1. The van der Waals surface area contributed by atoms with Crippen LogP contribution in [-0.4, -0.2) is 10.9 Å². The van der Waals surface area contributed by atoms with Crippen LogP contribution in [0.4, 0.5) is 0 Å². The fraction of sp³-hybridized carbons (Fsp3) is 0.286. The lowest BCUT2D eigenvalue weighted by atomic mass is 10.1. The average Bonchev–Trinajstić information content (AvgIpc) is 2.82. The van der Waals surface area contributed by atoms with Crippen LogP contribution < -0.4 is 0 Å². The highest BCUT2D eigenvalue weighted by atomic mass is 32.2. The van der Waals surface area contributed by atoms with Gasteiger partial charge in [-0.25, -0.2) is 0 Å². The van der Waals surface area contributed by atoms with Gasteiger partial charge in [0.2, 0.25) is 0 Å². The van der Waals surface area contributed by atoms with Crippen LogP contribution in [0.3, 0.4) is 0 Å². The average molecular weight is 264 g/mol. The van der Waals surface area contributed by atoms with Crippen molar-refractivity contribution in [2.45, 2.75) is 24.3 Å². The fourth-order valence-electron chi connectivity index (χ4n) is 1.59. The van der Waals surface area contributed by atoms with Crippen LogP contribution in [0.2, 0.25) is 0 Å². The Morgan fingerprint density at radius 2 is 2.18 bits per heavy atom. The van der Waals surface area contributed by atoms with Crippen LogP contribution in [0.5, 0.6) is 0 Å². The van der Waals surface area contributed by atoms with Crippen LogP contribution in [0.1, 0.15) is 23.5 Å². The van der Waals surface area contributed by atoms with Crippen molar-refractivity contribution in [3.63, 3.8) is 0 Å². The van der Waals surface area contributed by atoms with Crippen LogP contribution in [0.25, 0.3) is 0 Å². The normalized spacial score (nSPS) is 12.6. The molecule has 0 fully saturated rings. The second-order valence-corrected chi connectivity index (χ2v) is 6.13. The molecule has 2 aromatic rings. The molecule has 0 radical (unpaired) electrons. The second-order valence-electron chi connectivity index (χ2n) is 3.93. The van der Waals surface area contributed by atoms with Crippen molar-refractivity contribution in [3.05, 3.63) is 52.2 Å². The maximum Gasteiger partial charge on any atom is 0.0762 e. The molecule has 1 aromatic carbocycles. The predicted molar refractivity (Wildman–Crippen MR) is 75.8 cm³/mol. The highest BCUT2D eigenvalue weighted by molar-refractivity contribution is 7.99. The molecule has 1 aromatic heterocycles. The molecule has 0 spiro atoms. The highest BCUT2D eigenvalue weighted by Gasteiger charge is 2.02. The monoisotopic (exact) mass is 264 g/mol. The molecular weight excluding hydrogens is 248 g/mol. The summed E-state index contributed by atoms with van der Waals surface area (Å²) in [7, 11) is 0. The van der Waals surface area contributed by atoms with Gasteiger partial charge in [0.15, 0.2) is 0 Å². The third kappa shape index (κ3) is 3.87. The van der Waals surface area contributed by atoms with Gasteiger partial charge in [-0.15, -0.1) is 23.1 Å². The third-order valence-electron chi connectivity index (χ3n) is 2.54. The summed E-state index contributed by atoms with van der Waals surface area (Å²) in [5.74, 6) is 1.09. The minimum atomic E-state index is -0.382. The summed E-state index contributed by atoms with van der Waals surface area (Å²) >= 11 is 3.66. The van der Waals surface area contributed by atoms with Gasteiger partial charge in [-0.2, -0.15) is 0 Å². The molecule has 1 unspecified atom stereocenters. The molecular formula is C14H16OS2. The van der Waals surface area contributed by atoms with E-state index < -0.39 is 0 Å². The lowest BCUT2D eigenvalue weighted by Crippen LogP contribution is -1.91. The maximum absolute atomic E-state index is 9.52. The maximum atomic E-state index is 9.52. The summed E-state index contributed by atoms with van der Waals surface area (Å²) in [6.07, 6.45) is 0.731. The molecule has 0 bridgehead atoms. The first-order valence-electron chi connectivity index (χ1n) is 5.69. The van der Waals surface area contributed by atoms with E-state index in [9.17, 15) is 5.11 Å². The predicted octanol–water partition coefficient (Wildman–Crippen LogP) is 4.14. The smallest absolute Gasteiger partial charge is 0.0762 e. The third-order valence-corrected chi connectivity index (χ3v) is 4.47. The van der Waals surface area contributed by atoms with Crippen molar-refractivity contribution >= 4 is 23.1 Å². The fourth-order valence-corrected chi connectivity index (χ4v) is 3.38. The van der Waals surface area contributed by atoms with E-state index in [-0.39, 0.29) is 6.10 Å². The van der Waals surface area contributed by atoms with Gasteiger partial charge in [0, 0.05) is 15.5 Å². The lowest BCUT2D eigenvalue weighted by molar-refractivity contribution is 0.199. The Kier molecular flexibility index (Phi) is 4.66. The molecule has 0 aliphatic rings. The quantitative estimate of drug-likeness (QED) is 0.819. The van der Waals surface area contributed by atoms with Crippen LogP contribution in [0.15, 0.2) is 46.7 Å². The Morgan fingerprint density at radius 1 is 1.29 bits per heavy atom. The topological polar surface area (TPSA) is 20.2 Å². The van der Waals surface area contributed by atoms with E-state index in [2.05, 4.69) is 29.6 Å². The number of aliphatic hydroxyl groups excluding tert-OH is 1. The Labute approximate surface area is 111 Å². The zero-order valence-corrected chi connectivity index (χ0v) is 11.4. The lowest BCUT2D eigenvalue weighted by Gasteiger charge is -2.06. The first-order chi connectivity index (χ1) is 8.25. The second kappa shape index (κ2) is 6.24. The summed E-state index contributed by atoms with van der Waals surface area (Å²) in [6, 6.07) is 12.4. The molecule has 1 nitrogen and oxygen atoms in total. The Bertz CT molecular complexity index is 449. The van der Waals surface area contributed by atoms with Gasteiger partial charge in [-0.3, -0.25) is 0 Å². The summed E-state index contributed by atoms with van der Waals surface area (Å²) in [4.78, 5) is 2.67. The van der Waals surface area contributed by atoms with E-state index in [4.69, 9.17) is 0 Å². The largest absolute Gasteiger partial charge is 0.389 e. The molecule has 0 aliphatic heterocycles. The minimum Gasteiger partial charge on any atom is -0.389 e.